The van der Waals surface area contributed by atoms with E-state index in [1.165, 1.54) is 35.2 Å². The van der Waals surface area contributed by atoms with E-state index in [1.807, 2.05) is 13.8 Å². The summed E-state index contributed by atoms with van der Waals surface area (Å²) >= 11 is 0. The molecule has 1 aliphatic rings. The quantitative estimate of drug-likeness (QED) is 0.734. The van der Waals surface area contributed by atoms with E-state index in [-0.39, 0.29) is 0 Å². The fraction of sp³-hybridized carbons (Fsp3) is 0.400. The lowest BCUT2D eigenvalue weighted by Crippen LogP contribution is -2.06. The number of anilines is 1. The maximum Gasteiger partial charge on any atom is 0.0519 e. The van der Waals surface area contributed by atoms with Gasteiger partial charge in [0.2, 0.25) is 0 Å². The highest BCUT2D eigenvalue weighted by molar-refractivity contribution is 5.49. The molecule has 0 radical (unpaired) electrons. The van der Waals surface area contributed by atoms with Crippen LogP contribution >= 0.6 is 0 Å². The van der Waals surface area contributed by atoms with Crippen molar-refractivity contribution in [1.29, 1.82) is 0 Å². The fourth-order valence-corrected chi connectivity index (χ4v) is 2.87. The van der Waals surface area contributed by atoms with Crippen molar-refractivity contribution < 1.29 is 0 Å². The van der Waals surface area contributed by atoms with Crippen molar-refractivity contribution in [1.82, 2.24) is 0 Å². The topological polar surface area (TPSA) is 12.0 Å². The predicted octanol–water partition coefficient (Wildman–Crippen LogP) is 5.94. The lowest BCUT2D eigenvalue weighted by Gasteiger charge is -2.16. The zero-order chi connectivity index (χ0) is 15.2. The highest BCUT2D eigenvalue weighted by atomic mass is 14.9. The Bertz CT molecular complexity index is 554. The minimum Gasteiger partial charge on any atom is -0.378 e. The number of aryl methyl sites for hydroxylation is 1. The largest absolute Gasteiger partial charge is 0.378 e. The van der Waals surface area contributed by atoms with Crippen LogP contribution in [0, 0.1) is 0 Å². The molecule has 1 N–H and O–H groups in total. The SMILES string of the molecule is CC.CC(C)c1ccc(NC2CCc3ccccc32)cc1. The van der Waals surface area contributed by atoms with Gasteiger partial charge in [-0.15, -0.1) is 0 Å². The Balaban J connectivity index is 0.000000774. The number of nitrogens with one attached hydrogen (secondary N) is 1. The van der Waals surface area contributed by atoms with Gasteiger partial charge in [0.05, 0.1) is 6.04 Å². The minimum absolute atomic E-state index is 0.473. The molecular formula is C20H27N. The second-order valence-corrected chi connectivity index (χ2v) is 5.71. The van der Waals surface area contributed by atoms with Crippen LogP contribution in [0.3, 0.4) is 0 Å². The number of rotatable bonds is 3. The van der Waals surface area contributed by atoms with Gasteiger partial charge >= 0.3 is 0 Å². The first-order valence-electron chi connectivity index (χ1n) is 8.18. The van der Waals surface area contributed by atoms with Gasteiger partial charge in [-0.3, -0.25) is 0 Å². The number of fused-ring (bicyclic) bond motifs is 1. The monoisotopic (exact) mass is 281 g/mol. The third kappa shape index (κ3) is 3.66. The normalized spacial score (nSPS) is 16.1. The van der Waals surface area contributed by atoms with Crippen LogP contribution in [0.1, 0.15) is 62.8 Å². The Kier molecular flexibility index (Phi) is 5.44. The molecule has 1 nitrogen and oxygen atoms in total. The third-order valence-electron chi connectivity index (χ3n) is 4.05. The Hall–Kier alpha value is -1.76. The molecule has 1 atom stereocenters. The third-order valence-corrected chi connectivity index (χ3v) is 4.05. The molecular weight excluding hydrogens is 254 g/mol. The van der Waals surface area contributed by atoms with Crippen LogP contribution in [0.25, 0.3) is 0 Å². The first-order chi connectivity index (χ1) is 10.2. The molecule has 112 valence electrons. The van der Waals surface area contributed by atoms with Crippen molar-refractivity contribution in [2.45, 2.75) is 52.5 Å². The van der Waals surface area contributed by atoms with Gasteiger partial charge in [-0.2, -0.15) is 0 Å². The molecule has 0 saturated carbocycles. The molecule has 21 heavy (non-hydrogen) atoms. The Morgan fingerprint density at radius 3 is 2.29 bits per heavy atom. The van der Waals surface area contributed by atoms with Crippen LogP contribution < -0.4 is 5.32 Å². The van der Waals surface area contributed by atoms with E-state index in [9.17, 15) is 0 Å². The van der Waals surface area contributed by atoms with E-state index >= 15 is 0 Å². The van der Waals surface area contributed by atoms with E-state index in [0.717, 1.165) is 0 Å². The molecule has 0 saturated heterocycles. The minimum atomic E-state index is 0.473. The summed E-state index contributed by atoms with van der Waals surface area (Å²) in [7, 11) is 0. The van der Waals surface area contributed by atoms with Crippen LogP contribution in [0.5, 0.6) is 0 Å². The van der Waals surface area contributed by atoms with Crippen molar-refractivity contribution in [3.63, 3.8) is 0 Å². The van der Waals surface area contributed by atoms with Crippen LogP contribution in [-0.2, 0) is 6.42 Å². The number of hydrogen-bond acceptors (Lipinski definition) is 1. The maximum atomic E-state index is 3.66. The lowest BCUT2D eigenvalue weighted by molar-refractivity contribution is 0.762. The summed E-state index contributed by atoms with van der Waals surface area (Å²) in [6, 6.07) is 18.1. The smallest absolute Gasteiger partial charge is 0.0519 e. The Morgan fingerprint density at radius 2 is 1.62 bits per heavy atom. The summed E-state index contributed by atoms with van der Waals surface area (Å²) in [6.07, 6.45) is 2.39. The molecule has 0 spiro atoms. The summed E-state index contributed by atoms with van der Waals surface area (Å²) in [5, 5.41) is 3.66. The van der Waals surface area contributed by atoms with Gasteiger partial charge in [0.1, 0.15) is 0 Å². The summed E-state index contributed by atoms with van der Waals surface area (Å²) in [6.45, 7) is 8.46. The van der Waals surface area contributed by atoms with Crippen molar-refractivity contribution in [2.24, 2.45) is 0 Å². The van der Waals surface area contributed by atoms with Gasteiger partial charge in [0.15, 0.2) is 0 Å². The molecule has 0 amide bonds. The van der Waals surface area contributed by atoms with E-state index in [1.54, 1.807) is 0 Å². The summed E-state index contributed by atoms with van der Waals surface area (Å²) in [5.41, 5.74) is 5.60. The zero-order valence-corrected chi connectivity index (χ0v) is 13.7. The molecule has 0 heterocycles. The zero-order valence-electron chi connectivity index (χ0n) is 13.7. The van der Waals surface area contributed by atoms with Crippen molar-refractivity contribution in [2.75, 3.05) is 5.32 Å². The van der Waals surface area contributed by atoms with Crippen LogP contribution in [-0.4, -0.2) is 0 Å². The average Bonchev–Trinajstić information content (AvgIpc) is 2.93. The molecule has 2 aromatic rings. The molecule has 0 fully saturated rings. The predicted molar refractivity (Wildman–Crippen MR) is 93.0 cm³/mol. The van der Waals surface area contributed by atoms with Crippen LogP contribution in [0.4, 0.5) is 5.69 Å². The molecule has 0 bridgehead atoms. The maximum absolute atomic E-state index is 3.66. The number of hydrogen-bond donors (Lipinski definition) is 1. The first-order valence-corrected chi connectivity index (χ1v) is 8.18. The van der Waals surface area contributed by atoms with E-state index < -0.39 is 0 Å². The van der Waals surface area contributed by atoms with Gasteiger partial charge in [0, 0.05) is 5.69 Å². The van der Waals surface area contributed by atoms with E-state index in [4.69, 9.17) is 0 Å². The summed E-state index contributed by atoms with van der Waals surface area (Å²) in [4.78, 5) is 0. The summed E-state index contributed by atoms with van der Waals surface area (Å²) in [5.74, 6) is 0.598. The Labute approximate surface area is 129 Å². The average molecular weight is 281 g/mol. The second-order valence-electron chi connectivity index (χ2n) is 5.71. The van der Waals surface area contributed by atoms with Gasteiger partial charge in [-0.25, -0.2) is 0 Å². The van der Waals surface area contributed by atoms with Crippen molar-refractivity contribution in [3.8, 4) is 0 Å². The van der Waals surface area contributed by atoms with Gasteiger partial charge in [-0.1, -0.05) is 64.1 Å². The van der Waals surface area contributed by atoms with E-state index in [2.05, 4.69) is 67.7 Å². The fourth-order valence-electron chi connectivity index (χ4n) is 2.87. The highest BCUT2D eigenvalue weighted by Gasteiger charge is 2.21. The van der Waals surface area contributed by atoms with E-state index in [0.29, 0.717) is 12.0 Å². The lowest BCUT2D eigenvalue weighted by atomic mass is 10.0. The molecule has 3 rings (SSSR count). The first kappa shape index (κ1) is 15.6. The molecule has 1 heteroatoms. The second kappa shape index (κ2) is 7.31. The highest BCUT2D eigenvalue weighted by Crippen LogP contribution is 2.33. The van der Waals surface area contributed by atoms with Gasteiger partial charge in [-0.05, 0) is 47.6 Å². The molecule has 1 aliphatic carbocycles. The molecule has 1 unspecified atom stereocenters. The molecule has 2 aromatic carbocycles. The van der Waals surface area contributed by atoms with Crippen molar-refractivity contribution in [3.05, 3.63) is 65.2 Å². The standard InChI is InChI=1S/C18H21N.C2H6/c1-13(2)14-7-10-16(11-8-14)19-18-12-9-15-5-3-4-6-17(15)18;1-2/h3-8,10-11,13,18-19H,9,12H2,1-2H3;1-2H3. The molecule has 0 aliphatic heterocycles. The van der Waals surface area contributed by atoms with Crippen molar-refractivity contribution >= 4 is 5.69 Å². The van der Waals surface area contributed by atoms with Crippen LogP contribution in [0.15, 0.2) is 48.5 Å². The van der Waals surface area contributed by atoms with Gasteiger partial charge in [0.25, 0.3) is 0 Å². The van der Waals surface area contributed by atoms with Crippen LogP contribution in [0.2, 0.25) is 0 Å². The summed E-state index contributed by atoms with van der Waals surface area (Å²) < 4.78 is 0. The number of benzene rings is 2. The van der Waals surface area contributed by atoms with Gasteiger partial charge < -0.3 is 5.32 Å². The molecule has 0 aromatic heterocycles. The Morgan fingerprint density at radius 1 is 0.952 bits per heavy atom.